The van der Waals surface area contributed by atoms with Crippen molar-refractivity contribution in [1.82, 2.24) is 0 Å². The van der Waals surface area contributed by atoms with Crippen LogP contribution < -0.4 is 4.18 Å². The van der Waals surface area contributed by atoms with Gasteiger partial charge in [-0.2, -0.15) is 16.8 Å². The molecule has 2 atom stereocenters. The molecule has 0 saturated heterocycles. The molecule has 4 aromatic carbocycles. The van der Waals surface area contributed by atoms with Crippen molar-refractivity contribution in [2.45, 2.75) is 104 Å². The summed E-state index contributed by atoms with van der Waals surface area (Å²) in [6.07, 6.45) is 8.28. The quantitative estimate of drug-likeness (QED) is 0.107. The van der Waals surface area contributed by atoms with Crippen molar-refractivity contribution < 1.29 is 35.1 Å². The number of rotatable bonds is 8. The molecule has 12 rings (SSSR count). The monoisotopic (exact) mass is 778 g/mol. The van der Waals surface area contributed by atoms with Crippen LogP contribution in [0.15, 0.2) is 89.8 Å². The summed E-state index contributed by atoms with van der Waals surface area (Å²) in [7, 11) is -8.76. The van der Waals surface area contributed by atoms with Crippen LogP contribution in [0.25, 0.3) is 0 Å². The summed E-state index contributed by atoms with van der Waals surface area (Å²) < 4.78 is 76.2. The normalized spacial score (nSPS) is 30.3. The van der Waals surface area contributed by atoms with Gasteiger partial charge in [0.2, 0.25) is 0 Å². The molecule has 8 nitrogen and oxygen atoms in total. The van der Waals surface area contributed by atoms with Gasteiger partial charge in [-0.1, -0.05) is 92.1 Å². The van der Waals surface area contributed by atoms with Gasteiger partial charge in [-0.05, 0) is 133 Å². The number of hydrogen-bond acceptors (Lipinski definition) is 7. The van der Waals surface area contributed by atoms with Crippen molar-refractivity contribution in [1.29, 1.82) is 0 Å². The zero-order valence-corrected chi connectivity index (χ0v) is 32.6. The molecule has 8 aliphatic carbocycles. The molecule has 6 bridgehead atoms. The van der Waals surface area contributed by atoms with E-state index in [1.807, 2.05) is 36.4 Å². The van der Waals surface area contributed by atoms with E-state index in [9.17, 15) is 21.4 Å². The van der Waals surface area contributed by atoms with Crippen LogP contribution >= 0.6 is 0 Å². The predicted octanol–water partition coefficient (Wildman–Crippen LogP) is 8.72. The third-order valence-corrected chi connectivity index (χ3v) is 17.2. The van der Waals surface area contributed by atoms with Crippen LogP contribution in [-0.4, -0.2) is 38.7 Å². The molecule has 5 saturated carbocycles. The maximum Gasteiger partial charge on any atom is 0.325 e. The van der Waals surface area contributed by atoms with Crippen molar-refractivity contribution in [3.8, 4) is 5.75 Å². The van der Waals surface area contributed by atoms with Gasteiger partial charge in [-0.15, -0.1) is 0 Å². The molecule has 8 aliphatic rings. The predicted molar refractivity (Wildman–Crippen MR) is 207 cm³/mol. The number of aryl methyl sites for hydroxylation is 1. The highest BCUT2D eigenvalue weighted by molar-refractivity contribution is 7.88. The van der Waals surface area contributed by atoms with E-state index in [0.29, 0.717) is 30.4 Å². The average molecular weight is 779 g/mol. The smallest absolute Gasteiger partial charge is 0.325 e. The van der Waals surface area contributed by atoms with Gasteiger partial charge < -0.3 is 8.92 Å². The molecule has 55 heavy (non-hydrogen) atoms. The fourth-order valence-corrected chi connectivity index (χ4v) is 15.4. The van der Waals surface area contributed by atoms with E-state index in [1.165, 1.54) is 6.07 Å². The van der Waals surface area contributed by atoms with Crippen LogP contribution in [0.2, 0.25) is 0 Å². The molecule has 0 amide bonds. The number of esters is 1. The molecule has 5 fully saturated rings. The van der Waals surface area contributed by atoms with Crippen molar-refractivity contribution in [3.63, 3.8) is 0 Å². The largest absolute Gasteiger partial charge is 0.464 e. The maximum absolute atomic E-state index is 15.1. The molecular formula is C45H46O8S2. The van der Waals surface area contributed by atoms with Crippen LogP contribution in [-0.2, 0) is 35.2 Å². The van der Waals surface area contributed by atoms with Crippen LogP contribution in [0.3, 0.4) is 0 Å². The van der Waals surface area contributed by atoms with Crippen molar-refractivity contribution >= 4 is 26.2 Å². The summed E-state index contributed by atoms with van der Waals surface area (Å²) >= 11 is 0. The first-order valence-corrected chi connectivity index (χ1v) is 22.7. The highest BCUT2D eigenvalue weighted by Crippen LogP contribution is 2.65. The second-order valence-electron chi connectivity index (χ2n) is 17.7. The molecule has 0 spiro atoms. The Hall–Kier alpha value is -3.99. The van der Waals surface area contributed by atoms with Crippen LogP contribution in [0.4, 0.5) is 0 Å². The Bertz CT molecular complexity index is 2350. The Labute approximate surface area is 323 Å². The first-order valence-electron chi connectivity index (χ1n) is 19.9. The Kier molecular flexibility index (Phi) is 7.89. The molecule has 0 radical (unpaired) electrons. The topological polar surface area (TPSA) is 124 Å². The third-order valence-electron chi connectivity index (χ3n) is 14.3. The minimum Gasteiger partial charge on any atom is -0.464 e. The van der Waals surface area contributed by atoms with Gasteiger partial charge in [0.05, 0.1) is 11.5 Å². The van der Waals surface area contributed by atoms with E-state index in [-0.39, 0.29) is 46.9 Å². The van der Waals surface area contributed by atoms with Gasteiger partial charge in [-0.25, -0.2) is 0 Å². The van der Waals surface area contributed by atoms with Crippen molar-refractivity contribution in [2.75, 3.05) is 6.61 Å². The second kappa shape index (κ2) is 12.3. The summed E-state index contributed by atoms with van der Waals surface area (Å²) in [6.45, 7) is 1.75. The van der Waals surface area contributed by atoms with Gasteiger partial charge in [0, 0.05) is 11.3 Å². The molecular weight excluding hydrogens is 733 g/mol. The number of benzene rings is 4. The molecule has 0 aromatic heterocycles. The van der Waals surface area contributed by atoms with E-state index in [2.05, 4.69) is 36.4 Å². The molecule has 10 heteroatoms. The third kappa shape index (κ3) is 5.19. The fraction of sp³-hybridized carbons (Fsp3) is 0.444. The standard InChI is InChI=1S/C45H46O8S2/c1-28-19-40(54(47,48)49)35(31-11-3-2-4-12-31)21-39(28)53-55(50,51)44-24-29-20-30(25-44)23-43(22-29,26-44)27-52-42(46)45-36-16-8-5-13-32(36)41(33-14-6-9-17-37(33)45)34-15-7-10-18-38(34)45/h5-10,13-19,21,29-31,41H,2-4,11-12,20,22-27H2,1H3,(H,47,48,49). The number of hydrogen-bond donors (Lipinski definition) is 1. The summed E-state index contributed by atoms with van der Waals surface area (Å²) in [4.78, 5) is 15.0. The highest BCUT2D eigenvalue weighted by Gasteiger charge is 2.65. The summed E-state index contributed by atoms with van der Waals surface area (Å²) in [5.74, 6) is 0.0182. The van der Waals surface area contributed by atoms with Gasteiger partial charge in [0.1, 0.15) is 15.9 Å². The molecule has 0 aliphatic heterocycles. The lowest BCUT2D eigenvalue weighted by molar-refractivity contribution is -0.158. The van der Waals surface area contributed by atoms with E-state index in [4.69, 9.17) is 8.92 Å². The molecule has 286 valence electrons. The molecule has 2 unspecified atom stereocenters. The van der Waals surface area contributed by atoms with Crippen LogP contribution in [0, 0.1) is 24.2 Å². The highest BCUT2D eigenvalue weighted by atomic mass is 32.2. The van der Waals surface area contributed by atoms with Gasteiger partial charge >= 0.3 is 16.1 Å². The number of ether oxygens (including phenoxy) is 1. The molecule has 0 heterocycles. The average Bonchev–Trinajstić information content (AvgIpc) is 3.16. The van der Waals surface area contributed by atoms with Crippen LogP contribution in [0.1, 0.15) is 127 Å². The second-order valence-corrected chi connectivity index (χ2v) is 21.0. The van der Waals surface area contributed by atoms with Gasteiger partial charge in [0.25, 0.3) is 10.1 Å². The van der Waals surface area contributed by atoms with Gasteiger partial charge in [-0.3, -0.25) is 9.35 Å². The van der Waals surface area contributed by atoms with Crippen molar-refractivity contribution in [3.05, 3.63) is 129 Å². The van der Waals surface area contributed by atoms with E-state index < -0.39 is 35.8 Å². The Morgan fingerprint density at radius 3 is 1.84 bits per heavy atom. The minimum atomic E-state index is -4.53. The lowest BCUT2D eigenvalue weighted by Gasteiger charge is -2.60. The lowest BCUT2D eigenvalue weighted by Crippen LogP contribution is -2.61. The summed E-state index contributed by atoms with van der Waals surface area (Å²) in [6, 6.07) is 27.5. The van der Waals surface area contributed by atoms with Crippen LogP contribution in [0.5, 0.6) is 5.75 Å². The fourth-order valence-electron chi connectivity index (χ4n) is 12.6. The maximum atomic E-state index is 15.1. The van der Waals surface area contributed by atoms with E-state index >= 15 is 4.79 Å². The zero-order valence-electron chi connectivity index (χ0n) is 31.0. The first kappa shape index (κ1) is 35.4. The summed E-state index contributed by atoms with van der Waals surface area (Å²) in [5.41, 5.74) is 5.28. The SMILES string of the molecule is Cc1cc(S(=O)(=O)O)c(C2CCCCC2)cc1OS(=O)(=O)C12CC3CC(CC(COC(=O)C45c6ccccc6C(c6ccccc64)c4ccccc45)(C3)C1)C2. The summed E-state index contributed by atoms with van der Waals surface area (Å²) in [5, 5.41) is 0. The van der Waals surface area contributed by atoms with E-state index in [1.54, 1.807) is 13.0 Å². The molecule has 1 N–H and O–H groups in total. The van der Waals surface area contributed by atoms with Gasteiger partial charge in [0.15, 0.2) is 0 Å². The Morgan fingerprint density at radius 1 is 0.745 bits per heavy atom. The molecule has 4 aromatic rings. The zero-order chi connectivity index (χ0) is 38.0. The minimum absolute atomic E-state index is 0.0260. The first-order chi connectivity index (χ1) is 26.3. The van der Waals surface area contributed by atoms with Crippen molar-refractivity contribution in [2.24, 2.45) is 17.3 Å². The number of carbonyl (C=O) groups is 1. The number of carbonyl (C=O) groups excluding carboxylic acids is 1. The van der Waals surface area contributed by atoms with E-state index in [0.717, 1.165) is 84.7 Å². The Morgan fingerprint density at radius 2 is 1.29 bits per heavy atom. The lowest BCUT2D eigenvalue weighted by atomic mass is 9.49. The Balaban J connectivity index is 0.983.